The Hall–Kier alpha value is -1.90. The highest BCUT2D eigenvalue weighted by atomic mass is 32.2. The Labute approximate surface area is 121 Å². The van der Waals surface area contributed by atoms with E-state index in [1.807, 2.05) is 0 Å². The zero-order valence-electron chi connectivity index (χ0n) is 11.0. The van der Waals surface area contributed by atoms with Crippen molar-refractivity contribution in [1.29, 1.82) is 0 Å². The molecule has 1 aliphatic heterocycles. The lowest BCUT2D eigenvalue weighted by Gasteiger charge is -2.29. The van der Waals surface area contributed by atoms with Gasteiger partial charge in [0.15, 0.2) is 0 Å². The molecule has 0 amide bonds. The van der Waals surface area contributed by atoms with Crippen molar-refractivity contribution in [3.63, 3.8) is 0 Å². The number of fused-ring (bicyclic) bond motifs is 1. The van der Waals surface area contributed by atoms with Gasteiger partial charge in [-0.25, -0.2) is 8.42 Å². The van der Waals surface area contributed by atoms with Gasteiger partial charge in [0.1, 0.15) is 11.6 Å². The molecule has 2 aromatic rings. The molecule has 0 aliphatic carbocycles. The summed E-state index contributed by atoms with van der Waals surface area (Å²) in [5.74, 6) is -1.07. The average molecular weight is 310 g/mol. The van der Waals surface area contributed by atoms with Gasteiger partial charge in [-0.15, -0.1) is 0 Å². The lowest BCUT2D eigenvalue weighted by atomic mass is 10.2. The Morgan fingerprint density at radius 1 is 1.38 bits per heavy atom. The number of piperazine rings is 1. The summed E-state index contributed by atoms with van der Waals surface area (Å²) < 4.78 is 31.6. The van der Waals surface area contributed by atoms with Gasteiger partial charge in [0.2, 0.25) is 5.09 Å². The first-order chi connectivity index (χ1) is 9.98. The first-order valence-corrected chi connectivity index (χ1v) is 7.87. The van der Waals surface area contributed by atoms with E-state index in [-0.39, 0.29) is 24.7 Å². The standard InChI is InChI=1S/C13H14N2O5S/c16-13(17)10-8-15(6-5-14-10)21(18,19)12-7-9-3-1-2-4-11(9)20-12/h1-4,7,10,14H,5-6,8H2,(H,16,17)/t10-/m0/s1. The number of carbonyl (C=O) groups is 1. The first kappa shape index (κ1) is 14.1. The van der Waals surface area contributed by atoms with Crippen molar-refractivity contribution in [3.8, 4) is 0 Å². The van der Waals surface area contributed by atoms with E-state index in [2.05, 4.69) is 5.32 Å². The summed E-state index contributed by atoms with van der Waals surface area (Å²) in [6.07, 6.45) is 0. The Balaban J connectivity index is 1.94. The molecule has 0 unspecified atom stereocenters. The Morgan fingerprint density at radius 3 is 2.86 bits per heavy atom. The van der Waals surface area contributed by atoms with Gasteiger partial charge in [-0.05, 0) is 6.07 Å². The number of furan rings is 1. The summed E-state index contributed by atoms with van der Waals surface area (Å²) in [6, 6.07) is 7.55. The topological polar surface area (TPSA) is 99.9 Å². The van der Waals surface area contributed by atoms with Crippen molar-refractivity contribution in [2.45, 2.75) is 11.1 Å². The van der Waals surface area contributed by atoms with E-state index >= 15 is 0 Å². The minimum absolute atomic E-state index is 0.116. The Kier molecular flexibility index (Phi) is 3.44. The minimum atomic E-state index is -3.83. The molecular weight excluding hydrogens is 296 g/mol. The monoisotopic (exact) mass is 310 g/mol. The number of benzene rings is 1. The van der Waals surface area contributed by atoms with Gasteiger partial charge in [-0.1, -0.05) is 18.2 Å². The van der Waals surface area contributed by atoms with Crippen LogP contribution in [-0.4, -0.2) is 49.5 Å². The van der Waals surface area contributed by atoms with Crippen molar-refractivity contribution in [2.24, 2.45) is 0 Å². The zero-order valence-corrected chi connectivity index (χ0v) is 11.8. The van der Waals surface area contributed by atoms with E-state index in [0.29, 0.717) is 11.0 Å². The minimum Gasteiger partial charge on any atom is -0.480 e. The third-order valence-corrected chi connectivity index (χ3v) is 5.15. The van der Waals surface area contributed by atoms with Crippen LogP contribution in [0.3, 0.4) is 0 Å². The summed E-state index contributed by atoms with van der Waals surface area (Å²) in [4.78, 5) is 11.0. The van der Waals surface area contributed by atoms with Gasteiger partial charge in [0, 0.05) is 31.1 Å². The van der Waals surface area contributed by atoms with Crippen LogP contribution >= 0.6 is 0 Å². The van der Waals surface area contributed by atoms with Crippen LogP contribution in [0.4, 0.5) is 0 Å². The number of hydrogen-bond donors (Lipinski definition) is 2. The van der Waals surface area contributed by atoms with Crippen LogP contribution < -0.4 is 5.32 Å². The maximum atomic E-state index is 12.5. The molecule has 0 spiro atoms. The number of carboxylic acids is 1. The number of nitrogens with zero attached hydrogens (tertiary/aromatic N) is 1. The highest BCUT2D eigenvalue weighted by molar-refractivity contribution is 7.89. The normalized spacial score (nSPS) is 20.7. The summed E-state index contributed by atoms with van der Waals surface area (Å²) >= 11 is 0. The fourth-order valence-electron chi connectivity index (χ4n) is 2.32. The van der Waals surface area contributed by atoms with Crippen LogP contribution in [0.15, 0.2) is 39.8 Å². The summed E-state index contributed by atoms with van der Waals surface area (Å²) in [6.45, 7) is 0.383. The molecule has 1 aliphatic rings. The number of carboxylic acid groups (broad SMARTS) is 1. The summed E-state index contributed by atoms with van der Waals surface area (Å²) in [5.41, 5.74) is 0.487. The molecular formula is C13H14N2O5S. The third kappa shape index (κ3) is 2.53. The van der Waals surface area contributed by atoms with Crippen LogP contribution in [-0.2, 0) is 14.8 Å². The number of aliphatic carboxylic acids is 1. The Morgan fingerprint density at radius 2 is 2.14 bits per heavy atom. The molecule has 7 nitrogen and oxygen atoms in total. The van der Waals surface area contributed by atoms with Crippen LogP contribution in [0.25, 0.3) is 11.0 Å². The molecule has 0 radical (unpaired) electrons. The SMILES string of the molecule is O=C(O)[C@@H]1CN(S(=O)(=O)c2cc3ccccc3o2)CCN1. The number of rotatable bonds is 3. The van der Waals surface area contributed by atoms with Crippen molar-refractivity contribution in [1.82, 2.24) is 9.62 Å². The molecule has 1 atom stereocenters. The second-order valence-corrected chi connectivity index (χ2v) is 6.68. The van der Waals surface area contributed by atoms with Gasteiger partial charge in [-0.3, -0.25) is 4.79 Å². The number of sulfonamides is 1. The molecule has 3 rings (SSSR count). The van der Waals surface area contributed by atoms with E-state index in [4.69, 9.17) is 9.52 Å². The van der Waals surface area contributed by atoms with Gasteiger partial charge in [0.25, 0.3) is 10.0 Å². The van der Waals surface area contributed by atoms with Crippen molar-refractivity contribution in [3.05, 3.63) is 30.3 Å². The van der Waals surface area contributed by atoms with Crippen molar-refractivity contribution < 1.29 is 22.7 Å². The first-order valence-electron chi connectivity index (χ1n) is 6.43. The van der Waals surface area contributed by atoms with Crippen LogP contribution in [0.5, 0.6) is 0 Å². The zero-order chi connectivity index (χ0) is 15.0. The predicted molar refractivity (Wildman–Crippen MR) is 74.4 cm³/mol. The number of para-hydroxylation sites is 1. The van der Waals surface area contributed by atoms with E-state index in [0.717, 1.165) is 4.31 Å². The molecule has 1 saturated heterocycles. The highest BCUT2D eigenvalue weighted by Crippen LogP contribution is 2.25. The molecule has 112 valence electrons. The summed E-state index contributed by atoms with van der Waals surface area (Å²) in [5, 5.41) is 12.3. The lowest BCUT2D eigenvalue weighted by Crippen LogP contribution is -2.55. The van der Waals surface area contributed by atoms with Gasteiger partial charge in [-0.2, -0.15) is 4.31 Å². The fourth-order valence-corrected chi connectivity index (χ4v) is 3.72. The smallest absolute Gasteiger partial charge is 0.322 e. The van der Waals surface area contributed by atoms with Gasteiger partial charge >= 0.3 is 5.97 Å². The number of hydrogen-bond acceptors (Lipinski definition) is 5. The van der Waals surface area contributed by atoms with Gasteiger partial charge < -0.3 is 14.8 Å². The average Bonchev–Trinajstić information content (AvgIpc) is 2.92. The van der Waals surface area contributed by atoms with Crippen molar-refractivity contribution in [2.75, 3.05) is 19.6 Å². The molecule has 0 saturated carbocycles. The van der Waals surface area contributed by atoms with Crippen LogP contribution in [0.1, 0.15) is 0 Å². The highest BCUT2D eigenvalue weighted by Gasteiger charge is 2.34. The van der Waals surface area contributed by atoms with Gasteiger partial charge in [0.05, 0.1) is 0 Å². The molecule has 8 heteroatoms. The molecule has 2 heterocycles. The van der Waals surface area contributed by atoms with Crippen molar-refractivity contribution >= 4 is 27.0 Å². The van der Waals surface area contributed by atoms with E-state index < -0.39 is 22.0 Å². The largest absolute Gasteiger partial charge is 0.480 e. The predicted octanol–water partition coefficient (Wildman–Crippen LogP) is 0.480. The number of nitrogens with one attached hydrogen (secondary N) is 1. The summed E-state index contributed by atoms with van der Waals surface area (Å²) in [7, 11) is -3.83. The van der Waals surface area contributed by atoms with E-state index in [1.54, 1.807) is 24.3 Å². The van der Waals surface area contributed by atoms with Crippen LogP contribution in [0, 0.1) is 0 Å². The third-order valence-electron chi connectivity index (χ3n) is 3.43. The molecule has 1 aromatic carbocycles. The second kappa shape index (κ2) is 5.14. The van der Waals surface area contributed by atoms with E-state index in [1.165, 1.54) is 6.07 Å². The maximum Gasteiger partial charge on any atom is 0.322 e. The molecule has 0 bridgehead atoms. The molecule has 2 N–H and O–H groups in total. The van der Waals surface area contributed by atoms with Crippen LogP contribution in [0.2, 0.25) is 0 Å². The quantitative estimate of drug-likeness (QED) is 0.855. The fraction of sp³-hybridized carbons (Fsp3) is 0.308. The molecule has 1 fully saturated rings. The van der Waals surface area contributed by atoms with E-state index in [9.17, 15) is 13.2 Å². The molecule has 1 aromatic heterocycles. The molecule has 21 heavy (non-hydrogen) atoms. The Bertz CT molecular complexity index is 750. The lowest BCUT2D eigenvalue weighted by molar-refractivity contribution is -0.140. The maximum absolute atomic E-state index is 12.5. The second-order valence-electron chi connectivity index (χ2n) is 4.81.